The summed E-state index contributed by atoms with van der Waals surface area (Å²) in [5.74, 6) is 0.325. The van der Waals surface area contributed by atoms with Crippen LogP contribution in [0.15, 0.2) is 41.0 Å². The second kappa shape index (κ2) is 5.39. The first-order valence-electron chi connectivity index (χ1n) is 7.39. The zero-order valence-corrected chi connectivity index (χ0v) is 13.5. The number of nitrogens with zero attached hydrogens (tertiary/aromatic N) is 1. The van der Waals surface area contributed by atoms with Gasteiger partial charge in [0.15, 0.2) is 0 Å². The quantitative estimate of drug-likeness (QED) is 0.897. The van der Waals surface area contributed by atoms with E-state index in [1.807, 2.05) is 24.3 Å². The summed E-state index contributed by atoms with van der Waals surface area (Å²) in [6, 6.07) is 10.0. The number of fused-ring (bicyclic) bond motifs is 2. The number of nitrogens with one attached hydrogen (secondary N) is 1. The minimum absolute atomic E-state index is 0.0142. The molecule has 1 aromatic carbocycles. The molecule has 1 amide bonds. The largest absolute Gasteiger partial charge is 0.476 e. The van der Waals surface area contributed by atoms with Gasteiger partial charge in [-0.3, -0.25) is 4.79 Å². The highest BCUT2D eigenvalue weighted by Crippen LogP contribution is 2.38. The molecule has 1 aliphatic carbocycles. The van der Waals surface area contributed by atoms with Crippen LogP contribution in [0.2, 0.25) is 0 Å². The summed E-state index contributed by atoms with van der Waals surface area (Å²) in [6.07, 6.45) is 3.62. The topological polar surface area (TPSA) is 51.2 Å². The van der Waals surface area contributed by atoms with Crippen LogP contribution < -0.4 is 10.1 Å². The Balaban J connectivity index is 1.56. The van der Waals surface area contributed by atoms with Crippen molar-refractivity contribution in [2.24, 2.45) is 0 Å². The summed E-state index contributed by atoms with van der Waals surface area (Å²) < 4.78 is 6.58. The van der Waals surface area contributed by atoms with Gasteiger partial charge in [0.1, 0.15) is 12.5 Å². The maximum atomic E-state index is 12.7. The number of amides is 1. The molecule has 2 aliphatic rings. The summed E-state index contributed by atoms with van der Waals surface area (Å²) in [7, 11) is 0. The third-order valence-corrected chi connectivity index (χ3v) is 5.08. The van der Waals surface area contributed by atoms with Crippen molar-refractivity contribution in [3.63, 3.8) is 0 Å². The molecule has 4 nitrogen and oxygen atoms in total. The van der Waals surface area contributed by atoms with E-state index in [1.165, 1.54) is 11.1 Å². The lowest BCUT2D eigenvalue weighted by atomic mass is 10.0. The van der Waals surface area contributed by atoms with Gasteiger partial charge in [-0.1, -0.05) is 34.1 Å². The Bertz CT molecular complexity index is 747. The maximum Gasteiger partial charge on any atom is 0.231 e. The summed E-state index contributed by atoms with van der Waals surface area (Å²) in [4.78, 5) is 16.8. The summed E-state index contributed by atoms with van der Waals surface area (Å²) in [6.45, 7) is 0.369. The molecule has 1 N–H and O–H groups in total. The zero-order valence-electron chi connectivity index (χ0n) is 11.9. The number of hydrogen-bond acceptors (Lipinski definition) is 3. The van der Waals surface area contributed by atoms with E-state index in [9.17, 15) is 4.79 Å². The first-order valence-corrected chi connectivity index (χ1v) is 8.18. The summed E-state index contributed by atoms with van der Waals surface area (Å²) in [5, 5.41) is 3.18. The number of aryl methyl sites for hydroxylation is 1. The predicted octanol–water partition coefficient (Wildman–Crippen LogP) is 3.12. The number of carbonyl (C=O) groups excluding carboxylic acids is 1. The van der Waals surface area contributed by atoms with E-state index in [2.05, 4.69) is 32.3 Å². The molecule has 0 fully saturated rings. The average molecular weight is 359 g/mol. The van der Waals surface area contributed by atoms with Crippen molar-refractivity contribution in [3.05, 3.63) is 57.7 Å². The van der Waals surface area contributed by atoms with E-state index in [-0.39, 0.29) is 17.9 Å². The Morgan fingerprint density at radius 2 is 2.23 bits per heavy atom. The van der Waals surface area contributed by atoms with Crippen LogP contribution in [0.25, 0.3) is 0 Å². The number of hydrogen-bond donors (Lipinski definition) is 1. The number of aromatic nitrogens is 1. The molecular weight excluding hydrogens is 344 g/mol. The Hall–Kier alpha value is -1.88. The fourth-order valence-electron chi connectivity index (χ4n) is 3.31. The minimum Gasteiger partial charge on any atom is -0.476 e. The number of pyridine rings is 1. The van der Waals surface area contributed by atoms with Gasteiger partial charge < -0.3 is 10.1 Å². The van der Waals surface area contributed by atoms with Gasteiger partial charge in [-0.15, -0.1) is 0 Å². The van der Waals surface area contributed by atoms with Crippen LogP contribution in [0.1, 0.15) is 35.1 Å². The van der Waals surface area contributed by atoms with Gasteiger partial charge in [-0.25, -0.2) is 4.98 Å². The lowest BCUT2D eigenvalue weighted by molar-refractivity contribution is -0.123. The van der Waals surface area contributed by atoms with Crippen LogP contribution in [-0.2, 0) is 11.2 Å². The van der Waals surface area contributed by atoms with Crippen molar-refractivity contribution in [1.29, 1.82) is 0 Å². The highest BCUT2D eigenvalue weighted by atomic mass is 79.9. The second-order valence-electron chi connectivity index (χ2n) is 5.67. The van der Waals surface area contributed by atoms with Crippen LogP contribution in [0.4, 0.5) is 0 Å². The van der Waals surface area contributed by atoms with E-state index >= 15 is 0 Å². The Morgan fingerprint density at radius 1 is 1.32 bits per heavy atom. The van der Waals surface area contributed by atoms with E-state index in [1.54, 1.807) is 6.20 Å². The third kappa shape index (κ3) is 2.20. The molecule has 0 saturated carbocycles. The van der Waals surface area contributed by atoms with Gasteiger partial charge in [0.25, 0.3) is 0 Å². The molecule has 4 rings (SSSR count). The van der Waals surface area contributed by atoms with Crippen LogP contribution >= 0.6 is 15.9 Å². The minimum atomic E-state index is -0.268. The smallest absolute Gasteiger partial charge is 0.231 e. The number of ether oxygens (including phenoxy) is 1. The summed E-state index contributed by atoms with van der Waals surface area (Å²) in [5.41, 5.74) is 3.40. The Morgan fingerprint density at radius 3 is 3.14 bits per heavy atom. The van der Waals surface area contributed by atoms with E-state index < -0.39 is 0 Å². The van der Waals surface area contributed by atoms with Crippen LogP contribution in [0.5, 0.6) is 5.88 Å². The number of carbonyl (C=O) groups is 1. The van der Waals surface area contributed by atoms with Crippen molar-refractivity contribution in [3.8, 4) is 5.88 Å². The predicted molar refractivity (Wildman–Crippen MR) is 85.8 cm³/mol. The normalized spacial score (nSPS) is 21.9. The van der Waals surface area contributed by atoms with Crippen molar-refractivity contribution in [2.45, 2.75) is 24.8 Å². The molecule has 2 heterocycles. The molecule has 1 aromatic heterocycles. The molecule has 112 valence electrons. The first kappa shape index (κ1) is 13.8. The highest BCUT2D eigenvalue weighted by Gasteiger charge is 2.34. The number of rotatable bonds is 2. The number of benzene rings is 1. The molecule has 2 aromatic rings. The van der Waals surface area contributed by atoms with Crippen molar-refractivity contribution >= 4 is 21.8 Å². The average Bonchev–Trinajstić information content (AvgIpc) is 3.12. The standard InChI is InChI=1S/C17H15BrN2O2/c18-13-5-1-3-10-6-7-14(15(10)13)20-16(21)12-9-22-17-11(12)4-2-8-19-17/h1-5,8,12,14H,6-7,9H2,(H,20,21)/t12-,14+/m1/s1. The van der Waals surface area contributed by atoms with Crippen molar-refractivity contribution in [2.75, 3.05) is 6.61 Å². The van der Waals surface area contributed by atoms with E-state index in [0.717, 1.165) is 22.9 Å². The van der Waals surface area contributed by atoms with Gasteiger partial charge in [0.05, 0.1) is 6.04 Å². The molecule has 0 spiro atoms. The van der Waals surface area contributed by atoms with Gasteiger partial charge in [-0.05, 0) is 36.1 Å². The molecule has 0 saturated heterocycles. The van der Waals surface area contributed by atoms with Gasteiger partial charge in [0.2, 0.25) is 11.8 Å². The molecule has 0 bridgehead atoms. The fourth-order valence-corrected chi connectivity index (χ4v) is 3.99. The van der Waals surface area contributed by atoms with E-state index in [0.29, 0.717) is 12.5 Å². The summed E-state index contributed by atoms with van der Waals surface area (Å²) >= 11 is 3.60. The molecule has 2 atom stereocenters. The third-order valence-electron chi connectivity index (χ3n) is 4.39. The Kier molecular flexibility index (Phi) is 3.37. The monoisotopic (exact) mass is 358 g/mol. The highest BCUT2D eigenvalue weighted by molar-refractivity contribution is 9.10. The van der Waals surface area contributed by atoms with Gasteiger partial charge in [-0.2, -0.15) is 0 Å². The number of halogens is 1. The molecular formula is C17H15BrN2O2. The second-order valence-corrected chi connectivity index (χ2v) is 6.53. The fraction of sp³-hybridized carbons (Fsp3) is 0.294. The SMILES string of the molecule is O=C(N[C@H]1CCc2cccc(Br)c21)[C@@H]1COc2ncccc21. The lowest BCUT2D eigenvalue weighted by Gasteiger charge is -2.18. The first-order chi connectivity index (χ1) is 10.7. The molecule has 5 heteroatoms. The van der Waals surface area contributed by atoms with Gasteiger partial charge >= 0.3 is 0 Å². The molecule has 22 heavy (non-hydrogen) atoms. The van der Waals surface area contributed by atoms with Crippen LogP contribution in [-0.4, -0.2) is 17.5 Å². The van der Waals surface area contributed by atoms with Crippen LogP contribution in [0, 0.1) is 0 Å². The molecule has 0 unspecified atom stereocenters. The van der Waals surface area contributed by atoms with Crippen LogP contribution in [0.3, 0.4) is 0 Å². The van der Waals surface area contributed by atoms with Crippen molar-refractivity contribution < 1.29 is 9.53 Å². The lowest BCUT2D eigenvalue weighted by Crippen LogP contribution is -2.32. The van der Waals surface area contributed by atoms with Crippen molar-refractivity contribution in [1.82, 2.24) is 10.3 Å². The Labute approximate surface area is 137 Å². The maximum absolute atomic E-state index is 12.7. The molecule has 0 radical (unpaired) electrons. The molecule has 1 aliphatic heterocycles. The van der Waals surface area contributed by atoms with E-state index in [4.69, 9.17) is 4.74 Å². The van der Waals surface area contributed by atoms with Gasteiger partial charge in [0, 0.05) is 16.2 Å². The zero-order chi connectivity index (χ0) is 15.1.